The molecule has 8 nitrogen and oxygen atoms in total. The molecule has 0 radical (unpaired) electrons. The summed E-state index contributed by atoms with van der Waals surface area (Å²) in [6.45, 7) is 7.91. The Labute approximate surface area is 190 Å². The molecule has 4 rings (SSSR count). The number of nitrogens with zero attached hydrogens (tertiary/aromatic N) is 4. The molecule has 0 aromatic heterocycles. The van der Waals surface area contributed by atoms with Gasteiger partial charge in [0, 0.05) is 38.3 Å². The van der Waals surface area contributed by atoms with Crippen molar-refractivity contribution in [1.82, 2.24) is 14.7 Å². The van der Waals surface area contributed by atoms with E-state index >= 15 is 0 Å². The molecule has 32 heavy (non-hydrogen) atoms. The average molecular weight is 443 g/mol. The van der Waals surface area contributed by atoms with Crippen molar-refractivity contribution >= 4 is 23.4 Å². The number of carbonyl (C=O) groups is 3. The third-order valence-electron chi connectivity index (χ3n) is 6.80. The summed E-state index contributed by atoms with van der Waals surface area (Å²) in [4.78, 5) is 46.7. The predicted molar refractivity (Wildman–Crippen MR) is 121 cm³/mol. The van der Waals surface area contributed by atoms with Gasteiger partial charge in [-0.15, -0.1) is 0 Å². The summed E-state index contributed by atoms with van der Waals surface area (Å²) in [5.74, 6) is 0.440. The number of amides is 3. The molecule has 3 heterocycles. The van der Waals surface area contributed by atoms with Crippen molar-refractivity contribution in [2.24, 2.45) is 5.92 Å². The molecule has 1 aromatic rings. The van der Waals surface area contributed by atoms with Gasteiger partial charge >= 0.3 is 0 Å². The molecule has 3 aliphatic rings. The third-order valence-corrected chi connectivity index (χ3v) is 6.80. The van der Waals surface area contributed by atoms with E-state index in [0.717, 1.165) is 5.69 Å². The quantitative estimate of drug-likeness (QED) is 0.692. The Hall–Kier alpha value is -2.61. The highest BCUT2D eigenvalue weighted by atomic mass is 16.5. The van der Waals surface area contributed by atoms with E-state index in [1.165, 1.54) is 0 Å². The molecule has 3 aliphatic heterocycles. The van der Waals surface area contributed by atoms with Gasteiger partial charge in [0.2, 0.25) is 11.8 Å². The summed E-state index contributed by atoms with van der Waals surface area (Å²) in [6, 6.07) is 9.92. The molecular weight excluding hydrogens is 408 g/mol. The standard InChI is InChI=1S/C24H34N4O4/c1-19(2)16-21(29)25-10-8-24(9-11-25)23(31)27(17-22(30)26-12-14-32-15-13-26)18-28(24)20-6-4-3-5-7-20/h3-7,19H,8-18H2,1-2H3. The number of benzene rings is 1. The lowest BCUT2D eigenvalue weighted by molar-refractivity contribution is -0.143. The van der Waals surface area contributed by atoms with Gasteiger partial charge in [0.05, 0.1) is 19.9 Å². The largest absolute Gasteiger partial charge is 0.378 e. The van der Waals surface area contributed by atoms with Crippen molar-refractivity contribution in [3.05, 3.63) is 30.3 Å². The van der Waals surface area contributed by atoms with Crippen LogP contribution in [0.3, 0.4) is 0 Å². The highest BCUT2D eigenvalue weighted by Gasteiger charge is 2.54. The minimum absolute atomic E-state index is 0.000999. The highest BCUT2D eigenvalue weighted by molar-refractivity contribution is 5.96. The van der Waals surface area contributed by atoms with Crippen molar-refractivity contribution in [1.29, 1.82) is 0 Å². The van der Waals surface area contributed by atoms with Crippen LogP contribution in [0.4, 0.5) is 5.69 Å². The number of hydrogen-bond acceptors (Lipinski definition) is 5. The second-order valence-electron chi connectivity index (χ2n) is 9.41. The molecule has 1 spiro atoms. The summed E-state index contributed by atoms with van der Waals surface area (Å²) >= 11 is 0. The Morgan fingerprint density at radius 2 is 1.59 bits per heavy atom. The highest BCUT2D eigenvalue weighted by Crippen LogP contribution is 2.39. The Balaban J connectivity index is 1.52. The van der Waals surface area contributed by atoms with Crippen LogP contribution in [-0.4, -0.2) is 90.6 Å². The molecule has 0 bridgehead atoms. The lowest BCUT2D eigenvalue weighted by Crippen LogP contribution is -2.57. The topological polar surface area (TPSA) is 73.4 Å². The zero-order valence-corrected chi connectivity index (χ0v) is 19.2. The average Bonchev–Trinajstić information content (AvgIpc) is 3.06. The summed E-state index contributed by atoms with van der Waals surface area (Å²) < 4.78 is 5.34. The van der Waals surface area contributed by atoms with Gasteiger partial charge in [-0.25, -0.2) is 0 Å². The molecule has 0 unspecified atom stereocenters. The molecular formula is C24H34N4O4. The van der Waals surface area contributed by atoms with E-state index < -0.39 is 5.54 Å². The van der Waals surface area contributed by atoms with Crippen molar-refractivity contribution < 1.29 is 19.1 Å². The molecule has 0 N–H and O–H groups in total. The van der Waals surface area contributed by atoms with Crippen LogP contribution >= 0.6 is 0 Å². The van der Waals surface area contributed by atoms with Gasteiger partial charge in [0.15, 0.2) is 0 Å². The summed E-state index contributed by atoms with van der Waals surface area (Å²) in [7, 11) is 0. The molecule has 8 heteroatoms. The number of morpholine rings is 1. The summed E-state index contributed by atoms with van der Waals surface area (Å²) in [6.07, 6.45) is 1.68. The molecule has 0 aliphatic carbocycles. The number of ether oxygens (including phenoxy) is 1. The number of para-hydroxylation sites is 1. The summed E-state index contributed by atoms with van der Waals surface area (Å²) in [5.41, 5.74) is 0.269. The zero-order valence-electron chi connectivity index (χ0n) is 19.2. The Bertz CT molecular complexity index is 830. The van der Waals surface area contributed by atoms with Gasteiger partial charge in [0.1, 0.15) is 12.1 Å². The number of likely N-dealkylation sites (tertiary alicyclic amines) is 1. The number of carbonyl (C=O) groups excluding carboxylic acids is 3. The van der Waals surface area contributed by atoms with Crippen LogP contribution in [-0.2, 0) is 19.1 Å². The van der Waals surface area contributed by atoms with Gasteiger partial charge < -0.3 is 24.3 Å². The van der Waals surface area contributed by atoms with Gasteiger partial charge in [-0.3, -0.25) is 14.4 Å². The van der Waals surface area contributed by atoms with Crippen molar-refractivity contribution in [2.75, 3.05) is 57.5 Å². The smallest absolute Gasteiger partial charge is 0.250 e. The van der Waals surface area contributed by atoms with Crippen LogP contribution in [0.2, 0.25) is 0 Å². The van der Waals surface area contributed by atoms with Crippen LogP contribution in [0.25, 0.3) is 0 Å². The lowest BCUT2D eigenvalue weighted by atomic mass is 9.85. The molecule has 3 amide bonds. The first-order chi connectivity index (χ1) is 15.4. The van der Waals surface area contributed by atoms with Crippen molar-refractivity contribution in [3.63, 3.8) is 0 Å². The minimum atomic E-state index is -0.707. The van der Waals surface area contributed by atoms with Gasteiger partial charge in [0.25, 0.3) is 5.91 Å². The summed E-state index contributed by atoms with van der Waals surface area (Å²) in [5, 5.41) is 0. The maximum atomic E-state index is 13.7. The van der Waals surface area contributed by atoms with Crippen molar-refractivity contribution in [2.45, 2.75) is 38.6 Å². The van der Waals surface area contributed by atoms with Crippen molar-refractivity contribution in [3.8, 4) is 0 Å². The fourth-order valence-electron chi connectivity index (χ4n) is 5.00. The fraction of sp³-hybridized carbons (Fsp3) is 0.625. The van der Waals surface area contributed by atoms with E-state index in [9.17, 15) is 14.4 Å². The predicted octanol–water partition coefficient (Wildman–Crippen LogP) is 1.56. The third kappa shape index (κ3) is 4.46. The monoisotopic (exact) mass is 442 g/mol. The Morgan fingerprint density at radius 1 is 0.969 bits per heavy atom. The maximum Gasteiger partial charge on any atom is 0.250 e. The van der Waals surface area contributed by atoms with Gasteiger partial charge in [-0.05, 0) is 30.9 Å². The lowest BCUT2D eigenvalue weighted by Gasteiger charge is -2.43. The molecule has 3 fully saturated rings. The van der Waals surface area contributed by atoms with Crippen LogP contribution in [0.5, 0.6) is 0 Å². The number of anilines is 1. The Morgan fingerprint density at radius 3 is 2.22 bits per heavy atom. The number of rotatable bonds is 5. The van der Waals surface area contributed by atoms with Crippen LogP contribution in [0, 0.1) is 5.92 Å². The first-order valence-corrected chi connectivity index (χ1v) is 11.7. The molecule has 0 atom stereocenters. The molecule has 3 saturated heterocycles. The van der Waals surface area contributed by atoms with E-state index in [1.54, 1.807) is 9.80 Å². The van der Waals surface area contributed by atoms with E-state index in [-0.39, 0.29) is 24.3 Å². The minimum Gasteiger partial charge on any atom is -0.378 e. The number of piperidine rings is 1. The van der Waals surface area contributed by atoms with E-state index in [2.05, 4.69) is 4.90 Å². The maximum absolute atomic E-state index is 13.7. The molecule has 0 saturated carbocycles. The van der Waals surface area contributed by atoms with E-state index in [4.69, 9.17) is 4.74 Å². The SMILES string of the molecule is CC(C)CC(=O)N1CCC2(CC1)C(=O)N(CC(=O)N1CCOCC1)CN2c1ccccc1. The van der Waals surface area contributed by atoms with E-state index in [0.29, 0.717) is 71.2 Å². The normalized spacial score (nSPS) is 21.0. The zero-order chi connectivity index (χ0) is 22.7. The van der Waals surface area contributed by atoms with Crippen LogP contribution in [0.1, 0.15) is 33.1 Å². The first kappa shape index (κ1) is 22.6. The second-order valence-corrected chi connectivity index (χ2v) is 9.41. The Kier molecular flexibility index (Phi) is 6.69. The second kappa shape index (κ2) is 9.48. The van der Waals surface area contributed by atoms with Gasteiger partial charge in [-0.1, -0.05) is 32.0 Å². The van der Waals surface area contributed by atoms with E-state index in [1.807, 2.05) is 49.1 Å². The first-order valence-electron chi connectivity index (χ1n) is 11.7. The van der Waals surface area contributed by atoms with Gasteiger partial charge in [-0.2, -0.15) is 0 Å². The number of hydrogen-bond donors (Lipinski definition) is 0. The molecule has 1 aromatic carbocycles. The fourth-order valence-corrected chi connectivity index (χ4v) is 5.00. The van der Waals surface area contributed by atoms with Crippen LogP contribution < -0.4 is 4.90 Å². The van der Waals surface area contributed by atoms with Crippen LogP contribution in [0.15, 0.2) is 30.3 Å². The molecule has 174 valence electrons.